The molecule has 2 aromatic heterocycles. The summed E-state index contributed by atoms with van der Waals surface area (Å²) in [5.74, 6) is -0.731. The average Bonchev–Trinajstić information content (AvgIpc) is 3.08. The number of anilines is 2. The number of nitrogen functional groups attached to an aromatic ring is 1. The molecule has 2 aliphatic rings. The van der Waals surface area contributed by atoms with Crippen LogP contribution in [0.15, 0.2) is 29.1 Å². The average molecular weight is 392 g/mol. The number of aliphatic hydroxyl groups is 1. The Labute approximate surface area is 165 Å². The van der Waals surface area contributed by atoms with E-state index in [2.05, 4.69) is 5.32 Å². The summed E-state index contributed by atoms with van der Waals surface area (Å²) in [5.41, 5.74) is 8.89. The normalized spacial score (nSPS) is 19.5. The number of hydrogen-bond donors (Lipinski definition) is 3. The first-order valence-corrected chi connectivity index (χ1v) is 9.46. The van der Waals surface area contributed by atoms with Crippen molar-refractivity contribution in [2.24, 2.45) is 0 Å². The lowest BCUT2D eigenvalue weighted by Gasteiger charge is -2.31. The second-order valence-electron chi connectivity index (χ2n) is 7.41. The fourth-order valence-electron chi connectivity index (χ4n) is 4.43. The summed E-state index contributed by atoms with van der Waals surface area (Å²) in [4.78, 5) is 30.3. The molecule has 1 atom stereocenters. The number of esters is 1. The Kier molecular flexibility index (Phi) is 3.54. The number of cyclic esters (lactones) is 1. The molecular weight excluding hydrogens is 372 g/mol. The van der Waals surface area contributed by atoms with Gasteiger partial charge in [0.2, 0.25) is 0 Å². The van der Waals surface area contributed by atoms with Gasteiger partial charge in [-0.25, -0.2) is 9.78 Å². The first kappa shape index (κ1) is 17.7. The quantitative estimate of drug-likeness (QED) is 0.351. The van der Waals surface area contributed by atoms with Crippen molar-refractivity contribution in [3.8, 4) is 11.4 Å². The van der Waals surface area contributed by atoms with Crippen molar-refractivity contribution in [1.29, 1.82) is 0 Å². The van der Waals surface area contributed by atoms with E-state index in [0.717, 1.165) is 16.6 Å². The molecule has 0 unspecified atom stereocenters. The third-order valence-corrected chi connectivity index (χ3v) is 6.00. The van der Waals surface area contributed by atoms with Crippen LogP contribution >= 0.6 is 0 Å². The van der Waals surface area contributed by atoms with Gasteiger partial charge in [0.1, 0.15) is 6.61 Å². The van der Waals surface area contributed by atoms with Gasteiger partial charge in [0, 0.05) is 29.2 Å². The predicted molar refractivity (Wildman–Crippen MR) is 108 cm³/mol. The molecule has 3 aromatic rings. The summed E-state index contributed by atoms with van der Waals surface area (Å²) >= 11 is 0. The van der Waals surface area contributed by atoms with Gasteiger partial charge in [-0.05, 0) is 24.6 Å². The van der Waals surface area contributed by atoms with Crippen LogP contribution in [0.3, 0.4) is 0 Å². The van der Waals surface area contributed by atoms with Crippen LogP contribution in [0.2, 0.25) is 0 Å². The van der Waals surface area contributed by atoms with Crippen molar-refractivity contribution in [3.05, 3.63) is 51.3 Å². The van der Waals surface area contributed by atoms with Crippen molar-refractivity contribution in [1.82, 2.24) is 9.55 Å². The summed E-state index contributed by atoms with van der Waals surface area (Å²) in [6.45, 7) is 1.86. The molecule has 1 aromatic carbocycles. The van der Waals surface area contributed by atoms with E-state index in [1.807, 2.05) is 18.2 Å². The Hall–Kier alpha value is -3.39. The van der Waals surface area contributed by atoms with E-state index >= 15 is 0 Å². The molecule has 2 aliphatic heterocycles. The number of fused-ring (bicyclic) bond motifs is 5. The molecule has 148 valence electrons. The number of hydrogen-bond acceptors (Lipinski definition) is 7. The molecule has 0 bridgehead atoms. The second kappa shape index (κ2) is 5.81. The highest BCUT2D eigenvalue weighted by Crippen LogP contribution is 2.42. The zero-order valence-electron chi connectivity index (χ0n) is 16.1. The number of benzene rings is 1. The zero-order chi connectivity index (χ0) is 20.5. The van der Waals surface area contributed by atoms with Crippen LogP contribution in [0.1, 0.15) is 30.0 Å². The van der Waals surface area contributed by atoms with Crippen LogP contribution in [-0.4, -0.2) is 27.7 Å². The summed E-state index contributed by atoms with van der Waals surface area (Å²) in [5, 5.41) is 15.0. The molecule has 0 saturated carbocycles. The molecule has 0 radical (unpaired) electrons. The highest BCUT2D eigenvalue weighted by molar-refractivity contribution is 6.04. The van der Waals surface area contributed by atoms with Crippen molar-refractivity contribution >= 4 is 28.2 Å². The summed E-state index contributed by atoms with van der Waals surface area (Å²) in [6, 6.07) is 7.22. The molecule has 8 heteroatoms. The summed E-state index contributed by atoms with van der Waals surface area (Å²) < 4.78 is 6.72. The molecule has 0 amide bonds. The van der Waals surface area contributed by atoms with Crippen LogP contribution in [0, 0.1) is 0 Å². The highest BCUT2D eigenvalue weighted by atomic mass is 16.6. The molecule has 29 heavy (non-hydrogen) atoms. The maximum atomic E-state index is 13.2. The molecule has 4 heterocycles. The van der Waals surface area contributed by atoms with Gasteiger partial charge in [-0.3, -0.25) is 4.79 Å². The van der Waals surface area contributed by atoms with Crippen LogP contribution in [0.5, 0.6) is 0 Å². The molecule has 0 fully saturated rings. The van der Waals surface area contributed by atoms with Crippen LogP contribution in [-0.2, 0) is 28.3 Å². The Morgan fingerprint density at radius 3 is 2.86 bits per heavy atom. The van der Waals surface area contributed by atoms with Gasteiger partial charge in [0.15, 0.2) is 5.60 Å². The number of carbonyl (C=O) groups is 1. The smallest absolute Gasteiger partial charge is 0.343 e. The Bertz CT molecular complexity index is 1280. The van der Waals surface area contributed by atoms with Gasteiger partial charge in [0.25, 0.3) is 5.56 Å². The summed E-state index contributed by atoms with van der Waals surface area (Å²) in [6.07, 6.45) is 0.109. The molecule has 0 aliphatic carbocycles. The van der Waals surface area contributed by atoms with Gasteiger partial charge in [-0.1, -0.05) is 13.0 Å². The third-order valence-electron chi connectivity index (χ3n) is 6.00. The first-order chi connectivity index (χ1) is 13.9. The molecule has 8 nitrogen and oxygen atoms in total. The SMILES string of the molecule is CC[C@@]1(O)C(=O)OCc2c1cc1n(c2=O)Cc2c-1nc1cccc(N)c1c2NC. The lowest BCUT2D eigenvalue weighted by Crippen LogP contribution is -2.44. The molecule has 5 rings (SSSR count). The largest absolute Gasteiger partial charge is 0.458 e. The lowest BCUT2D eigenvalue weighted by molar-refractivity contribution is -0.172. The zero-order valence-corrected chi connectivity index (χ0v) is 16.1. The number of aromatic nitrogens is 2. The number of rotatable bonds is 2. The standard InChI is InChI=1S/C21H20N4O4/c1-3-21(28)12-7-15-17-10(8-25(15)19(26)11(12)9-29-20(21)27)18(23-2)16-13(22)5-4-6-14(16)24-17/h4-7,28H,3,8-9,22H2,1-2H3,(H,23,24)/t21-/m0/s1. The van der Waals surface area contributed by atoms with Gasteiger partial charge >= 0.3 is 5.97 Å². The number of pyridine rings is 2. The van der Waals surface area contributed by atoms with E-state index in [1.54, 1.807) is 24.6 Å². The van der Waals surface area contributed by atoms with E-state index in [9.17, 15) is 14.7 Å². The van der Waals surface area contributed by atoms with Crippen LogP contribution < -0.4 is 16.6 Å². The fraction of sp³-hybridized carbons (Fsp3) is 0.286. The summed E-state index contributed by atoms with van der Waals surface area (Å²) in [7, 11) is 1.81. The van der Waals surface area contributed by atoms with Crippen molar-refractivity contribution in [2.75, 3.05) is 18.1 Å². The Morgan fingerprint density at radius 2 is 2.14 bits per heavy atom. The maximum absolute atomic E-state index is 13.2. The molecule has 4 N–H and O–H groups in total. The van der Waals surface area contributed by atoms with Gasteiger partial charge in [-0.2, -0.15) is 0 Å². The van der Waals surface area contributed by atoms with E-state index in [0.29, 0.717) is 40.3 Å². The topological polar surface area (TPSA) is 119 Å². The minimum atomic E-state index is -1.84. The van der Waals surface area contributed by atoms with E-state index in [1.165, 1.54) is 0 Å². The van der Waals surface area contributed by atoms with E-state index in [4.69, 9.17) is 15.5 Å². The number of carbonyl (C=O) groups excluding carboxylic acids is 1. The predicted octanol–water partition coefficient (Wildman–Crippen LogP) is 1.70. The van der Waals surface area contributed by atoms with Crippen molar-refractivity contribution in [3.63, 3.8) is 0 Å². The van der Waals surface area contributed by atoms with Gasteiger partial charge in [-0.15, -0.1) is 0 Å². The number of nitrogens with one attached hydrogen (secondary N) is 1. The lowest BCUT2D eigenvalue weighted by atomic mass is 9.86. The maximum Gasteiger partial charge on any atom is 0.343 e. The first-order valence-electron chi connectivity index (χ1n) is 9.46. The molecular formula is C21H20N4O4. The monoisotopic (exact) mass is 392 g/mol. The van der Waals surface area contributed by atoms with Crippen LogP contribution in [0.4, 0.5) is 11.4 Å². The van der Waals surface area contributed by atoms with E-state index in [-0.39, 0.29) is 18.6 Å². The number of ether oxygens (including phenoxy) is 1. The van der Waals surface area contributed by atoms with Gasteiger partial charge in [0.05, 0.1) is 34.7 Å². The highest BCUT2D eigenvalue weighted by Gasteiger charge is 2.45. The Balaban J connectivity index is 1.85. The van der Waals surface area contributed by atoms with Crippen molar-refractivity contribution in [2.45, 2.75) is 32.1 Å². The van der Waals surface area contributed by atoms with E-state index < -0.39 is 11.6 Å². The van der Waals surface area contributed by atoms with Gasteiger partial charge < -0.3 is 25.5 Å². The van der Waals surface area contributed by atoms with Crippen LogP contribution in [0.25, 0.3) is 22.3 Å². The molecule has 0 spiro atoms. The number of nitrogens with zero attached hydrogens (tertiary/aromatic N) is 2. The molecule has 0 saturated heterocycles. The van der Waals surface area contributed by atoms with Crippen molar-refractivity contribution < 1.29 is 14.6 Å². The Morgan fingerprint density at radius 1 is 1.34 bits per heavy atom. The third kappa shape index (κ3) is 2.14. The minimum Gasteiger partial charge on any atom is -0.458 e. The fourth-order valence-corrected chi connectivity index (χ4v) is 4.43. The minimum absolute atomic E-state index is 0.109. The second-order valence-corrected chi connectivity index (χ2v) is 7.41. The number of nitrogens with two attached hydrogens (primary N) is 1.